The van der Waals surface area contributed by atoms with Crippen LogP contribution in [0.25, 0.3) is 11.0 Å². The fraction of sp³-hybridized carbons (Fsp3) is 0.263. The maximum Gasteiger partial charge on any atom is 0.321 e. The number of rotatable bonds is 6. The number of hydrogen-bond donors (Lipinski definition) is 2. The van der Waals surface area contributed by atoms with Crippen LogP contribution in [-0.2, 0) is 6.54 Å². The van der Waals surface area contributed by atoms with E-state index in [1.54, 1.807) is 0 Å². The van der Waals surface area contributed by atoms with Crippen molar-refractivity contribution >= 4 is 23.0 Å². The third kappa shape index (κ3) is 3.74. The van der Waals surface area contributed by atoms with E-state index in [4.69, 9.17) is 0 Å². The fourth-order valence-corrected chi connectivity index (χ4v) is 2.62. The van der Waals surface area contributed by atoms with Gasteiger partial charge in [0, 0.05) is 6.54 Å². The Bertz CT molecular complexity index is 811. The molecule has 5 nitrogen and oxygen atoms in total. The molecule has 0 bridgehead atoms. The second-order valence-electron chi connectivity index (χ2n) is 5.73. The predicted molar refractivity (Wildman–Crippen MR) is 97.2 cm³/mol. The van der Waals surface area contributed by atoms with E-state index in [0.29, 0.717) is 19.0 Å². The number of benzene rings is 2. The van der Waals surface area contributed by atoms with E-state index in [9.17, 15) is 4.79 Å². The lowest BCUT2D eigenvalue weighted by Gasteiger charge is -2.11. The summed E-state index contributed by atoms with van der Waals surface area (Å²) in [5, 5.41) is 5.75. The molecule has 0 atom stereocenters. The van der Waals surface area contributed by atoms with Crippen LogP contribution in [0.3, 0.4) is 0 Å². The van der Waals surface area contributed by atoms with Crippen LogP contribution in [0.2, 0.25) is 0 Å². The molecule has 0 aliphatic rings. The minimum absolute atomic E-state index is 0.215. The SMILES string of the molecule is CCCCNC(=O)Nc1nc2ccccc2n1Cc1ccccc1. The van der Waals surface area contributed by atoms with Crippen LogP contribution >= 0.6 is 0 Å². The molecular formula is C19H22N4O. The smallest absolute Gasteiger partial charge is 0.321 e. The number of amides is 2. The number of anilines is 1. The molecule has 0 saturated heterocycles. The number of imidazole rings is 1. The zero-order valence-corrected chi connectivity index (χ0v) is 13.8. The summed E-state index contributed by atoms with van der Waals surface area (Å²) >= 11 is 0. The number of unbranched alkanes of at least 4 members (excludes halogenated alkanes) is 1. The average molecular weight is 322 g/mol. The minimum atomic E-state index is -0.215. The van der Waals surface area contributed by atoms with Gasteiger partial charge in [0.05, 0.1) is 17.6 Å². The van der Waals surface area contributed by atoms with Crippen molar-refractivity contribution in [2.75, 3.05) is 11.9 Å². The Morgan fingerprint density at radius 2 is 1.83 bits per heavy atom. The van der Waals surface area contributed by atoms with Crippen LogP contribution in [0.1, 0.15) is 25.3 Å². The number of carbonyl (C=O) groups excluding carboxylic acids is 1. The quantitative estimate of drug-likeness (QED) is 0.674. The molecule has 24 heavy (non-hydrogen) atoms. The topological polar surface area (TPSA) is 59.0 Å². The van der Waals surface area contributed by atoms with Crippen molar-refractivity contribution in [3.8, 4) is 0 Å². The molecule has 1 aromatic heterocycles. The van der Waals surface area contributed by atoms with E-state index in [1.165, 1.54) is 0 Å². The number of fused-ring (bicyclic) bond motifs is 1. The number of urea groups is 1. The van der Waals surface area contributed by atoms with E-state index < -0.39 is 0 Å². The van der Waals surface area contributed by atoms with Crippen molar-refractivity contribution in [3.05, 3.63) is 60.2 Å². The van der Waals surface area contributed by atoms with Crippen molar-refractivity contribution in [1.82, 2.24) is 14.9 Å². The van der Waals surface area contributed by atoms with Crippen molar-refractivity contribution in [1.29, 1.82) is 0 Å². The van der Waals surface area contributed by atoms with Crippen LogP contribution in [-0.4, -0.2) is 22.1 Å². The van der Waals surface area contributed by atoms with Crippen LogP contribution in [0.4, 0.5) is 10.7 Å². The zero-order chi connectivity index (χ0) is 16.8. The lowest BCUT2D eigenvalue weighted by atomic mass is 10.2. The van der Waals surface area contributed by atoms with Gasteiger partial charge in [0.25, 0.3) is 0 Å². The Labute approximate surface area is 141 Å². The van der Waals surface area contributed by atoms with Crippen LogP contribution in [0, 0.1) is 0 Å². The summed E-state index contributed by atoms with van der Waals surface area (Å²) in [6, 6.07) is 17.9. The monoisotopic (exact) mass is 322 g/mol. The Hall–Kier alpha value is -2.82. The molecule has 5 heteroatoms. The normalized spacial score (nSPS) is 10.7. The molecule has 0 fully saturated rings. The molecule has 0 saturated carbocycles. The van der Waals surface area contributed by atoms with Gasteiger partial charge in [-0.3, -0.25) is 5.32 Å². The maximum atomic E-state index is 12.1. The van der Waals surface area contributed by atoms with Crippen molar-refractivity contribution in [3.63, 3.8) is 0 Å². The number of carbonyl (C=O) groups is 1. The molecule has 2 N–H and O–H groups in total. The van der Waals surface area contributed by atoms with Crippen LogP contribution in [0.5, 0.6) is 0 Å². The van der Waals surface area contributed by atoms with Gasteiger partial charge >= 0.3 is 6.03 Å². The molecule has 3 rings (SSSR count). The van der Waals surface area contributed by atoms with Crippen molar-refractivity contribution in [2.24, 2.45) is 0 Å². The van der Waals surface area contributed by atoms with Crippen LogP contribution in [0.15, 0.2) is 54.6 Å². The molecule has 0 aliphatic heterocycles. The van der Waals surface area contributed by atoms with E-state index in [0.717, 1.165) is 29.4 Å². The molecule has 124 valence electrons. The average Bonchev–Trinajstić information content (AvgIpc) is 2.93. The maximum absolute atomic E-state index is 12.1. The lowest BCUT2D eigenvalue weighted by Crippen LogP contribution is -2.30. The second-order valence-corrected chi connectivity index (χ2v) is 5.73. The predicted octanol–water partition coefficient (Wildman–Crippen LogP) is 4.01. The highest BCUT2D eigenvalue weighted by Crippen LogP contribution is 2.21. The van der Waals surface area contributed by atoms with Crippen LogP contribution < -0.4 is 10.6 Å². The molecule has 0 unspecified atom stereocenters. The summed E-state index contributed by atoms with van der Waals surface area (Å²) < 4.78 is 2.03. The van der Waals surface area contributed by atoms with Gasteiger partial charge in [0.2, 0.25) is 5.95 Å². The summed E-state index contributed by atoms with van der Waals surface area (Å²) in [6.07, 6.45) is 2.01. The highest BCUT2D eigenvalue weighted by atomic mass is 16.2. The minimum Gasteiger partial charge on any atom is -0.338 e. The highest BCUT2D eigenvalue weighted by molar-refractivity contribution is 5.90. The van der Waals surface area contributed by atoms with Crippen molar-refractivity contribution < 1.29 is 4.79 Å². The van der Waals surface area contributed by atoms with E-state index >= 15 is 0 Å². The van der Waals surface area contributed by atoms with Gasteiger partial charge in [0.1, 0.15) is 0 Å². The molecule has 1 heterocycles. The van der Waals surface area contributed by atoms with Gasteiger partial charge in [-0.15, -0.1) is 0 Å². The van der Waals surface area contributed by atoms with Gasteiger partial charge in [-0.05, 0) is 24.1 Å². The van der Waals surface area contributed by atoms with Gasteiger partial charge in [-0.2, -0.15) is 0 Å². The second kappa shape index (κ2) is 7.64. The Morgan fingerprint density at radius 1 is 1.08 bits per heavy atom. The summed E-state index contributed by atoms with van der Waals surface area (Å²) in [7, 11) is 0. The number of hydrogen-bond acceptors (Lipinski definition) is 2. The van der Waals surface area contributed by atoms with Crippen molar-refractivity contribution in [2.45, 2.75) is 26.3 Å². The Balaban J connectivity index is 1.86. The number of para-hydroxylation sites is 2. The number of nitrogens with zero attached hydrogens (tertiary/aromatic N) is 2. The summed E-state index contributed by atoms with van der Waals surface area (Å²) in [5.41, 5.74) is 3.04. The first kappa shape index (κ1) is 16.1. The molecule has 0 radical (unpaired) electrons. The Morgan fingerprint density at radius 3 is 2.62 bits per heavy atom. The van der Waals surface area contributed by atoms with Gasteiger partial charge in [-0.25, -0.2) is 9.78 Å². The number of nitrogens with one attached hydrogen (secondary N) is 2. The molecule has 0 spiro atoms. The third-order valence-corrected chi connectivity index (χ3v) is 3.88. The van der Waals surface area contributed by atoms with Gasteiger partial charge < -0.3 is 9.88 Å². The highest BCUT2D eigenvalue weighted by Gasteiger charge is 2.13. The largest absolute Gasteiger partial charge is 0.338 e. The first-order valence-corrected chi connectivity index (χ1v) is 8.32. The summed E-state index contributed by atoms with van der Waals surface area (Å²) in [4.78, 5) is 16.7. The standard InChI is InChI=1S/C19H22N4O/c1-2-3-13-20-19(24)22-18-21-16-11-7-8-12-17(16)23(18)14-15-9-5-4-6-10-15/h4-12H,2-3,13-14H2,1H3,(H2,20,21,22,24). The first-order chi connectivity index (χ1) is 11.8. The Kier molecular flexibility index (Phi) is 5.11. The zero-order valence-electron chi connectivity index (χ0n) is 13.8. The molecule has 0 aliphatic carbocycles. The molecule has 2 aromatic carbocycles. The lowest BCUT2D eigenvalue weighted by molar-refractivity contribution is 0.251. The third-order valence-electron chi connectivity index (χ3n) is 3.88. The van der Waals surface area contributed by atoms with E-state index in [2.05, 4.69) is 34.7 Å². The molecular weight excluding hydrogens is 300 g/mol. The summed E-state index contributed by atoms with van der Waals surface area (Å²) in [5.74, 6) is 0.564. The first-order valence-electron chi connectivity index (χ1n) is 8.32. The van der Waals surface area contributed by atoms with E-state index in [1.807, 2.05) is 47.0 Å². The molecule has 2 amide bonds. The van der Waals surface area contributed by atoms with Gasteiger partial charge in [-0.1, -0.05) is 55.8 Å². The fourth-order valence-electron chi connectivity index (χ4n) is 2.62. The summed E-state index contributed by atoms with van der Waals surface area (Å²) in [6.45, 7) is 3.42. The van der Waals surface area contributed by atoms with E-state index in [-0.39, 0.29) is 6.03 Å². The molecule has 3 aromatic rings. The number of aromatic nitrogens is 2. The van der Waals surface area contributed by atoms with Gasteiger partial charge in [0.15, 0.2) is 0 Å².